The van der Waals surface area contributed by atoms with E-state index in [0.29, 0.717) is 0 Å². The highest BCUT2D eigenvalue weighted by molar-refractivity contribution is 7.78. The lowest BCUT2D eigenvalue weighted by Gasteiger charge is -2.27. The van der Waals surface area contributed by atoms with Crippen LogP contribution in [-0.4, -0.2) is 19.0 Å². The number of carbonyl (C=O) groups excluding carboxylic acids is 1. The van der Waals surface area contributed by atoms with Gasteiger partial charge in [-0.25, -0.2) is 0 Å². The van der Waals surface area contributed by atoms with Gasteiger partial charge in [-0.2, -0.15) is 0 Å². The molecule has 1 atom stereocenters. The lowest BCUT2D eigenvalue weighted by atomic mass is 9.87. The summed E-state index contributed by atoms with van der Waals surface area (Å²) in [5.41, 5.74) is -0.109. The van der Waals surface area contributed by atoms with Crippen molar-refractivity contribution in [2.24, 2.45) is 5.41 Å². The zero-order chi connectivity index (χ0) is 9.07. The summed E-state index contributed by atoms with van der Waals surface area (Å²) in [6.07, 6.45) is 0. The van der Waals surface area contributed by atoms with E-state index in [9.17, 15) is 4.79 Å². The van der Waals surface area contributed by atoms with Gasteiger partial charge < -0.3 is 5.32 Å². The van der Waals surface area contributed by atoms with Crippen LogP contribution in [0.3, 0.4) is 0 Å². The summed E-state index contributed by atoms with van der Waals surface area (Å²) in [5, 5.41) is 2.57. The highest BCUT2D eigenvalue weighted by atomic mass is 32.1. The average Bonchev–Trinajstić information content (AvgIpc) is 1.86. The predicted molar refractivity (Wildman–Crippen MR) is 49.4 cm³/mol. The van der Waals surface area contributed by atoms with Gasteiger partial charge in [-0.15, -0.1) is 0 Å². The molecule has 0 heterocycles. The third kappa shape index (κ3) is 3.12. The largest absolute Gasteiger partial charge is 0.358 e. The van der Waals surface area contributed by atoms with Crippen molar-refractivity contribution >= 4 is 18.7 Å². The van der Waals surface area contributed by atoms with Gasteiger partial charge in [-0.3, -0.25) is 9.52 Å². The van der Waals surface area contributed by atoms with Crippen molar-refractivity contribution in [1.29, 1.82) is 0 Å². The van der Waals surface area contributed by atoms with Crippen LogP contribution in [0, 0.1) is 5.41 Å². The van der Waals surface area contributed by atoms with Crippen LogP contribution in [0.2, 0.25) is 0 Å². The number of hydrogen-bond donors (Lipinski definition) is 3. The van der Waals surface area contributed by atoms with Gasteiger partial charge >= 0.3 is 0 Å². The summed E-state index contributed by atoms with van der Waals surface area (Å²) in [5.74, 6) is -0.0347. The maximum Gasteiger partial charge on any atom is 0.238 e. The quantitative estimate of drug-likeness (QED) is 0.539. The highest BCUT2D eigenvalue weighted by Crippen LogP contribution is 2.19. The van der Waals surface area contributed by atoms with Crippen molar-refractivity contribution in [3.63, 3.8) is 0 Å². The summed E-state index contributed by atoms with van der Waals surface area (Å²) in [6.45, 7) is 5.95. The number of rotatable bonds is 2. The molecule has 11 heavy (non-hydrogen) atoms. The molecule has 0 aromatic carbocycles. The second kappa shape index (κ2) is 3.97. The summed E-state index contributed by atoms with van der Waals surface area (Å²) >= 11 is 3.89. The Morgan fingerprint density at radius 1 is 1.45 bits per heavy atom. The molecule has 0 fully saturated rings. The first-order valence-electron chi connectivity index (χ1n) is 3.54. The fourth-order valence-electron chi connectivity index (χ4n) is 0.790. The number of hydrogen-bond acceptors (Lipinski definition) is 3. The molecule has 0 aliphatic heterocycles. The van der Waals surface area contributed by atoms with E-state index in [1.807, 2.05) is 20.8 Å². The Bertz CT molecular complexity index is 142. The molecular weight excluding hydrogens is 160 g/mol. The molecule has 1 amide bonds. The number of nitrogens with one attached hydrogen (secondary N) is 2. The molecular formula is C7H16N2OS. The molecule has 4 heteroatoms. The summed E-state index contributed by atoms with van der Waals surface area (Å²) in [7, 11) is 1.62. The third-order valence-electron chi connectivity index (χ3n) is 1.50. The Labute approximate surface area is 73.5 Å². The zero-order valence-electron chi connectivity index (χ0n) is 7.43. The Balaban J connectivity index is 4.29. The summed E-state index contributed by atoms with van der Waals surface area (Å²) < 4.78 is 2.68. The molecule has 0 bridgehead atoms. The molecule has 0 saturated heterocycles. The molecule has 0 aromatic rings. The normalized spacial score (nSPS) is 14.3. The lowest BCUT2D eigenvalue weighted by Crippen LogP contribution is -2.47. The van der Waals surface area contributed by atoms with E-state index in [-0.39, 0.29) is 17.4 Å². The van der Waals surface area contributed by atoms with Crippen molar-refractivity contribution in [3.05, 3.63) is 0 Å². The minimum Gasteiger partial charge on any atom is -0.358 e. The monoisotopic (exact) mass is 176 g/mol. The molecule has 0 saturated carbocycles. The topological polar surface area (TPSA) is 41.1 Å². The predicted octanol–water partition coefficient (Wildman–Crippen LogP) is 0.581. The Morgan fingerprint density at radius 3 is 2.00 bits per heavy atom. The van der Waals surface area contributed by atoms with Gasteiger partial charge in [0.05, 0.1) is 0 Å². The number of likely N-dealkylation sites (N-methyl/N-ethyl adjacent to an activating group) is 1. The summed E-state index contributed by atoms with van der Waals surface area (Å²) in [4.78, 5) is 11.2. The standard InChI is InChI=1S/C7H16N2OS/c1-7(2,3)5(9-11)6(10)8-4/h5,9,11H,1-4H3,(H,8,10). The van der Waals surface area contributed by atoms with Gasteiger partial charge in [0.1, 0.15) is 6.04 Å². The van der Waals surface area contributed by atoms with Crippen LogP contribution in [0.4, 0.5) is 0 Å². The van der Waals surface area contributed by atoms with Crippen LogP contribution in [0.15, 0.2) is 0 Å². The second-order valence-corrected chi connectivity index (χ2v) is 3.80. The Morgan fingerprint density at radius 2 is 1.91 bits per heavy atom. The molecule has 2 N–H and O–H groups in total. The van der Waals surface area contributed by atoms with Crippen LogP contribution >= 0.6 is 12.8 Å². The van der Waals surface area contributed by atoms with E-state index >= 15 is 0 Å². The third-order valence-corrected chi connectivity index (χ3v) is 1.76. The first-order chi connectivity index (χ1) is 4.93. The van der Waals surface area contributed by atoms with E-state index in [4.69, 9.17) is 0 Å². The van der Waals surface area contributed by atoms with Gasteiger partial charge in [0.2, 0.25) is 5.91 Å². The van der Waals surface area contributed by atoms with Crippen LogP contribution < -0.4 is 10.0 Å². The second-order valence-electron chi connectivity index (χ2n) is 3.54. The molecule has 1 unspecified atom stereocenters. The molecule has 66 valence electrons. The van der Waals surface area contributed by atoms with Crippen LogP contribution in [-0.2, 0) is 4.79 Å². The minimum atomic E-state index is -0.254. The van der Waals surface area contributed by atoms with Crippen LogP contribution in [0.1, 0.15) is 20.8 Å². The first kappa shape index (κ1) is 10.8. The highest BCUT2D eigenvalue weighted by Gasteiger charge is 2.29. The first-order valence-corrected chi connectivity index (χ1v) is 3.99. The van der Waals surface area contributed by atoms with Crippen LogP contribution in [0.5, 0.6) is 0 Å². The van der Waals surface area contributed by atoms with Gasteiger partial charge in [-0.1, -0.05) is 33.6 Å². The van der Waals surface area contributed by atoms with Gasteiger partial charge in [0.15, 0.2) is 0 Å². The zero-order valence-corrected chi connectivity index (χ0v) is 8.33. The SMILES string of the molecule is CNC(=O)C(NS)C(C)(C)C. The lowest BCUT2D eigenvalue weighted by molar-refractivity contribution is -0.124. The van der Waals surface area contributed by atoms with E-state index in [1.54, 1.807) is 7.05 Å². The fourth-order valence-corrected chi connectivity index (χ4v) is 1.29. The fraction of sp³-hybridized carbons (Fsp3) is 0.857. The maximum atomic E-state index is 11.2. The molecule has 0 aliphatic rings. The van der Waals surface area contributed by atoms with Crippen molar-refractivity contribution in [2.45, 2.75) is 26.8 Å². The van der Waals surface area contributed by atoms with Gasteiger partial charge in [0, 0.05) is 7.05 Å². The number of amides is 1. The van der Waals surface area contributed by atoms with Crippen molar-refractivity contribution in [1.82, 2.24) is 10.0 Å². The smallest absolute Gasteiger partial charge is 0.238 e. The van der Waals surface area contributed by atoms with Gasteiger partial charge in [0.25, 0.3) is 0 Å². The van der Waals surface area contributed by atoms with Crippen molar-refractivity contribution in [2.75, 3.05) is 7.05 Å². The van der Waals surface area contributed by atoms with Crippen LogP contribution in [0.25, 0.3) is 0 Å². The molecule has 0 aromatic heterocycles. The van der Waals surface area contributed by atoms with E-state index in [1.165, 1.54) is 0 Å². The molecule has 0 rings (SSSR count). The molecule has 0 aliphatic carbocycles. The number of carbonyl (C=O) groups is 1. The Kier molecular flexibility index (Phi) is 3.89. The molecule has 3 nitrogen and oxygen atoms in total. The molecule has 0 radical (unpaired) electrons. The number of thiol groups is 1. The minimum absolute atomic E-state index is 0.0347. The Hall–Kier alpha value is -0.220. The van der Waals surface area contributed by atoms with Gasteiger partial charge in [-0.05, 0) is 5.41 Å². The van der Waals surface area contributed by atoms with E-state index in [0.717, 1.165) is 0 Å². The van der Waals surface area contributed by atoms with E-state index in [2.05, 4.69) is 22.9 Å². The summed E-state index contributed by atoms with van der Waals surface area (Å²) in [6, 6.07) is -0.254. The van der Waals surface area contributed by atoms with Crippen molar-refractivity contribution < 1.29 is 4.79 Å². The van der Waals surface area contributed by atoms with Crippen molar-refractivity contribution in [3.8, 4) is 0 Å². The van der Waals surface area contributed by atoms with E-state index < -0.39 is 0 Å². The average molecular weight is 176 g/mol. The maximum absolute atomic E-state index is 11.2. The molecule has 0 spiro atoms.